The second kappa shape index (κ2) is 10.4. The Morgan fingerprint density at radius 2 is 2.00 bits per heavy atom. The fraction of sp³-hybridized carbons (Fsp3) is 0. The van der Waals surface area contributed by atoms with E-state index in [-0.39, 0.29) is 23.3 Å². The molecule has 4 heavy (non-hydrogen) atoms. The monoisotopic (exact) mass is 149 g/mol. The van der Waals surface area contributed by atoms with E-state index in [1.807, 2.05) is 0 Å². The van der Waals surface area contributed by atoms with Gasteiger partial charge in [-0.05, 0) is 0 Å². The minimum atomic E-state index is 0. The largest absolute Gasteiger partial charge is 1.00 e. The van der Waals surface area contributed by atoms with Crippen molar-refractivity contribution in [3.63, 3.8) is 0 Å². The first kappa shape index (κ1) is 8.86. The molecule has 0 saturated carbocycles. The Balaban J connectivity index is -0.00000000667. The van der Waals surface area contributed by atoms with E-state index in [2.05, 4.69) is 13.5 Å². The third-order valence-electron chi connectivity index (χ3n) is 0. The van der Waals surface area contributed by atoms with Crippen molar-refractivity contribution in [1.29, 1.82) is 0 Å². The van der Waals surface area contributed by atoms with Crippen molar-refractivity contribution < 1.29 is 23.3 Å². The van der Waals surface area contributed by atoms with Crippen molar-refractivity contribution in [2.75, 3.05) is 0 Å². The molecule has 1 heteroatoms. The van der Waals surface area contributed by atoms with Crippen molar-refractivity contribution in [3.05, 3.63) is 19.6 Å². The first-order valence-electron chi connectivity index (χ1n) is 0.816. The van der Waals surface area contributed by atoms with E-state index in [0.29, 0.717) is 0 Å². The van der Waals surface area contributed by atoms with Crippen LogP contribution in [-0.2, 0) is 20.4 Å². The topological polar surface area (TPSA) is 0 Å². The SMILES string of the molecule is C=C[CH2-].[H-].[H-].[Pd]. The summed E-state index contributed by atoms with van der Waals surface area (Å²) in [5, 5.41) is 0. The molecule has 0 aliphatic carbocycles. The Labute approximate surface area is 43.5 Å². The van der Waals surface area contributed by atoms with Gasteiger partial charge in [0.15, 0.2) is 0 Å². The maximum Gasteiger partial charge on any atom is 0 e. The van der Waals surface area contributed by atoms with Crippen LogP contribution in [0.1, 0.15) is 2.85 Å². The van der Waals surface area contributed by atoms with Crippen LogP contribution in [0.15, 0.2) is 12.7 Å². The molecule has 0 aromatic heterocycles. The Kier molecular flexibility index (Phi) is 23.1. The average Bonchev–Trinajstić information content (AvgIpc) is 0.918. The number of hydrogen-bond acceptors (Lipinski definition) is 0. The van der Waals surface area contributed by atoms with Gasteiger partial charge in [0.25, 0.3) is 0 Å². The summed E-state index contributed by atoms with van der Waals surface area (Å²) in [4.78, 5) is 0. The van der Waals surface area contributed by atoms with Crippen molar-refractivity contribution in [2.45, 2.75) is 0 Å². The molecule has 0 rings (SSSR count). The standard InChI is InChI=1S/C3H5.Pd.2H/c1-3-2;;;/h3H,1-2H2;;;/q-1;;2*-1. The molecule has 0 aliphatic heterocycles. The maximum atomic E-state index is 3.25. The molecule has 0 fully saturated rings. The predicted molar refractivity (Wildman–Crippen MR) is 17.8 cm³/mol. The van der Waals surface area contributed by atoms with Gasteiger partial charge in [0, 0.05) is 20.4 Å². The predicted octanol–water partition coefficient (Wildman–Crippen LogP) is 1.23. The minimum absolute atomic E-state index is 0. The molecule has 0 atom stereocenters. The fourth-order valence-corrected chi connectivity index (χ4v) is 0. The molecule has 0 heterocycles. The van der Waals surface area contributed by atoms with Crippen LogP contribution in [0.3, 0.4) is 0 Å². The Hall–Kier alpha value is 0.272. The molecule has 0 spiro atoms. The third kappa shape index (κ3) is 49.6. The van der Waals surface area contributed by atoms with Crippen molar-refractivity contribution >= 4 is 0 Å². The summed E-state index contributed by atoms with van der Waals surface area (Å²) in [7, 11) is 0. The molecule has 0 aliphatic rings. The van der Waals surface area contributed by atoms with Crippen LogP contribution in [0.4, 0.5) is 0 Å². The third-order valence-corrected chi connectivity index (χ3v) is 0. The van der Waals surface area contributed by atoms with Gasteiger partial charge in [0.1, 0.15) is 0 Å². The van der Waals surface area contributed by atoms with Crippen LogP contribution in [0, 0.1) is 6.92 Å². The summed E-state index contributed by atoms with van der Waals surface area (Å²) >= 11 is 0. The Bertz CT molecular complexity index is 16.3. The molecule has 0 N–H and O–H groups in total. The van der Waals surface area contributed by atoms with Crippen molar-refractivity contribution in [2.24, 2.45) is 0 Å². The summed E-state index contributed by atoms with van der Waals surface area (Å²) in [6, 6.07) is 0. The normalized spacial score (nSPS) is 3.00. The second-order valence-corrected chi connectivity index (χ2v) is 0.289. The zero-order valence-electron chi connectivity index (χ0n) is 4.31. The molecule has 0 bridgehead atoms. The van der Waals surface area contributed by atoms with Crippen molar-refractivity contribution in [3.8, 4) is 0 Å². The molecule has 0 aromatic rings. The van der Waals surface area contributed by atoms with E-state index in [0.717, 1.165) is 0 Å². The van der Waals surface area contributed by atoms with Gasteiger partial charge in [-0.2, -0.15) is 0 Å². The van der Waals surface area contributed by atoms with Crippen molar-refractivity contribution in [1.82, 2.24) is 0 Å². The zero-order chi connectivity index (χ0) is 2.71. The molecule has 0 amide bonds. The molecule has 0 unspecified atom stereocenters. The van der Waals surface area contributed by atoms with E-state index in [9.17, 15) is 0 Å². The summed E-state index contributed by atoms with van der Waals surface area (Å²) in [5.41, 5.74) is 0. The van der Waals surface area contributed by atoms with Gasteiger partial charge in [-0.25, -0.2) is 19.6 Å². The van der Waals surface area contributed by atoms with E-state index < -0.39 is 0 Å². The Morgan fingerprint density at radius 1 is 2.00 bits per heavy atom. The van der Waals surface area contributed by atoms with Crippen LogP contribution in [0.5, 0.6) is 0 Å². The van der Waals surface area contributed by atoms with E-state index in [1.165, 1.54) is 6.08 Å². The Morgan fingerprint density at radius 3 is 2.00 bits per heavy atom. The van der Waals surface area contributed by atoms with Gasteiger partial charge in [-0.15, -0.1) is 0 Å². The average molecular weight is 150 g/mol. The van der Waals surface area contributed by atoms with E-state index >= 15 is 0 Å². The minimum Gasteiger partial charge on any atom is -1.00 e. The molecular weight excluding hydrogens is 142 g/mol. The zero-order valence-corrected chi connectivity index (χ0v) is 3.86. The number of hydrogen-bond donors (Lipinski definition) is 0. The summed E-state index contributed by atoms with van der Waals surface area (Å²) in [6.45, 7) is 6.50. The first-order valence-corrected chi connectivity index (χ1v) is 0.816. The summed E-state index contributed by atoms with van der Waals surface area (Å²) < 4.78 is 0. The van der Waals surface area contributed by atoms with Gasteiger partial charge in [-0.3, -0.25) is 0 Å². The maximum absolute atomic E-state index is 3.25. The van der Waals surface area contributed by atoms with Gasteiger partial charge >= 0.3 is 0 Å². The van der Waals surface area contributed by atoms with Crippen LogP contribution in [0.25, 0.3) is 0 Å². The van der Waals surface area contributed by atoms with Crippen LogP contribution < -0.4 is 0 Å². The summed E-state index contributed by atoms with van der Waals surface area (Å²) in [5.74, 6) is 0. The molecule has 0 aromatic carbocycles. The fourth-order valence-electron chi connectivity index (χ4n) is 0. The van der Waals surface area contributed by atoms with Gasteiger partial charge in [-0.1, -0.05) is 0 Å². The van der Waals surface area contributed by atoms with Gasteiger partial charge < -0.3 is 2.85 Å². The smallest absolute Gasteiger partial charge is 0 e. The molecule has 0 nitrogen and oxygen atoms in total. The molecular formula is C3H7Pd-3. The van der Waals surface area contributed by atoms with Gasteiger partial charge in [0.05, 0.1) is 0 Å². The number of allylic oxidation sites excluding steroid dienone is 1. The van der Waals surface area contributed by atoms with Crippen LogP contribution in [0.2, 0.25) is 0 Å². The molecule has 32 valence electrons. The van der Waals surface area contributed by atoms with Gasteiger partial charge in [0.2, 0.25) is 0 Å². The van der Waals surface area contributed by atoms with Crippen LogP contribution in [-0.4, -0.2) is 0 Å². The van der Waals surface area contributed by atoms with E-state index in [4.69, 9.17) is 0 Å². The second-order valence-electron chi connectivity index (χ2n) is 0.289. The summed E-state index contributed by atoms with van der Waals surface area (Å²) in [6.07, 6.45) is 1.50. The quantitative estimate of drug-likeness (QED) is 0.359. The number of rotatable bonds is 0. The molecule has 0 radical (unpaired) electrons. The van der Waals surface area contributed by atoms with E-state index in [1.54, 1.807) is 0 Å². The molecule has 0 saturated heterocycles. The first-order chi connectivity index (χ1) is 1.41. The van der Waals surface area contributed by atoms with Crippen LogP contribution >= 0.6 is 0 Å².